The van der Waals surface area contributed by atoms with E-state index in [0.717, 1.165) is 41.5 Å². The molecule has 31 heavy (non-hydrogen) atoms. The smallest absolute Gasteiger partial charge is 0.152 e. The molecule has 0 aliphatic rings. The van der Waals surface area contributed by atoms with Crippen LogP contribution in [0.3, 0.4) is 0 Å². The SMILES string of the molecule is CCCCc1nc2c(N)nc3cc(OCCOCCOCCO)ccc3c2n1CCO. The highest BCUT2D eigenvalue weighted by Crippen LogP contribution is 2.31. The van der Waals surface area contributed by atoms with Crippen molar-refractivity contribution in [1.29, 1.82) is 0 Å². The molecule has 9 nitrogen and oxygen atoms in total. The first-order chi connectivity index (χ1) is 15.2. The molecule has 0 bridgehead atoms. The van der Waals surface area contributed by atoms with Crippen molar-refractivity contribution in [2.45, 2.75) is 32.7 Å². The van der Waals surface area contributed by atoms with Gasteiger partial charge in [-0.2, -0.15) is 0 Å². The van der Waals surface area contributed by atoms with Crippen LogP contribution in [0, 0.1) is 0 Å². The molecule has 9 heteroatoms. The number of rotatable bonds is 14. The summed E-state index contributed by atoms with van der Waals surface area (Å²) in [5.74, 6) is 1.98. The number of aliphatic hydroxyl groups is 2. The molecule has 1 aromatic carbocycles. The van der Waals surface area contributed by atoms with Gasteiger partial charge in [-0.1, -0.05) is 13.3 Å². The van der Waals surface area contributed by atoms with Crippen molar-refractivity contribution in [1.82, 2.24) is 14.5 Å². The summed E-state index contributed by atoms with van der Waals surface area (Å²) in [6, 6.07) is 5.71. The second kappa shape index (κ2) is 11.8. The summed E-state index contributed by atoms with van der Waals surface area (Å²) < 4.78 is 18.4. The maximum Gasteiger partial charge on any atom is 0.152 e. The molecule has 0 fully saturated rings. The molecule has 0 aliphatic carbocycles. The zero-order chi connectivity index (χ0) is 22.1. The van der Waals surface area contributed by atoms with Crippen LogP contribution in [-0.2, 0) is 22.4 Å². The number of nitrogen functional groups attached to an aromatic ring is 1. The van der Waals surface area contributed by atoms with Crippen LogP contribution in [0.2, 0.25) is 0 Å². The van der Waals surface area contributed by atoms with Gasteiger partial charge in [0.1, 0.15) is 23.7 Å². The molecule has 0 saturated heterocycles. The Morgan fingerprint density at radius 3 is 2.52 bits per heavy atom. The summed E-state index contributed by atoms with van der Waals surface area (Å²) in [7, 11) is 0. The summed E-state index contributed by atoms with van der Waals surface area (Å²) in [5, 5.41) is 19.2. The molecular formula is C22H32N4O5. The van der Waals surface area contributed by atoms with Crippen molar-refractivity contribution in [2.24, 2.45) is 0 Å². The highest BCUT2D eigenvalue weighted by molar-refractivity contribution is 6.06. The number of imidazole rings is 1. The number of benzene rings is 1. The maximum atomic E-state index is 9.59. The van der Waals surface area contributed by atoms with Gasteiger partial charge < -0.3 is 34.7 Å². The molecule has 2 aromatic heterocycles. The van der Waals surface area contributed by atoms with E-state index in [1.165, 1.54) is 0 Å². The summed E-state index contributed by atoms with van der Waals surface area (Å²) in [6.45, 7) is 4.68. The first-order valence-corrected chi connectivity index (χ1v) is 10.8. The topological polar surface area (TPSA) is 125 Å². The first kappa shape index (κ1) is 23.2. The highest BCUT2D eigenvalue weighted by Gasteiger charge is 2.17. The number of aromatic nitrogens is 3. The standard InChI is InChI=1S/C22H32N4O5/c1-2-3-4-19-25-20-21(26(19)7-8-27)17-6-5-16(15-18(17)24-22(20)23)31-14-13-30-12-11-29-10-9-28/h5-6,15,27-28H,2-4,7-14H2,1H3,(H2,23,24). The monoisotopic (exact) mass is 432 g/mol. The van der Waals surface area contributed by atoms with E-state index in [2.05, 4.69) is 16.5 Å². The summed E-state index contributed by atoms with van der Waals surface area (Å²) >= 11 is 0. The zero-order valence-electron chi connectivity index (χ0n) is 18.0. The van der Waals surface area contributed by atoms with Crippen LogP contribution < -0.4 is 10.5 Å². The third kappa shape index (κ3) is 5.82. The van der Waals surface area contributed by atoms with Gasteiger partial charge in [0.25, 0.3) is 0 Å². The molecule has 0 saturated carbocycles. The first-order valence-electron chi connectivity index (χ1n) is 10.8. The molecule has 0 atom stereocenters. The number of aliphatic hydroxyl groups excluding tert-OH is 2. The lowest BCUT2D eigenvalue weighted by molar-refractivity contribution is 0.0247. The number of aryl methyl sites for hydroxylation is 1. The molecule has 2 heterocycles. The Morgan fingerprint density at radius 1 is 1.00 bits per heavy atom. The minimum atomic E-state index is 0.0107. The molecule has 0 radical (unpaired) electrons. The van der Waals surface area contributed by atoms with Gasteiger partial charge >= 0.3 is 0 Å². The summed E-state index contributed by atoms with van der Waals surface area (Å²) in [5.41, 5.74) is 8.54. The number of hydrogen-bond acceptors (Lipinski definition) is 8. The van der Waals surface area contributed by atoms with Crippen molar-refractivity contribution in [3.8, 4) is 5.75 Å². The molecule has 0 spiro atoms. The fourth-order valence-corrected chi connectivity index (χ4v) is 3.50. The van der Waals surface area contributed by atoms with E-state index in [-0.39, 0.29) is 13.2 Å². The third-order valence-corrected chi connectivity index (χ3v) is 4.94. The number of nitrogens with zero attached hydrogens (tertiary/aromatic N) is 3. The lowest BCUT2D eigenvalue weighted by Crippen LogP contribution is -2.12. The number of hydrogen-bond donors (Lipinski definition) is 3. The van der Waals surface area contributed by atoms with E-state index < -0.39 is 0 Å². The van der Waals surface area contributed by atoms with Gasteiger partial charge in [0.05, 0.1) is 50.7 Å². The Morgan fingerprint density at radius 2 is 1.77 bits per heavy atom. The normalized spacial score (nSPS) is 11.6. The van der Waals surface area contributed by atoms with Crippen molar-refractivity contribution in [3.63, 3.8) is 0 Å². The Hall–Kier alpha value is -2.46. The minimum absolute atomic E-state index is 0.0107. The van der Waals surface area contributed by atoms with E-state index in [9.17, 15) is 5.11 Å². The number of fused-ring (bicyclic) bond motifs is 3. The number of nitrogens with two attached hydrogens (primary N) is 1. The minimum Gasteiger partial charge on any atom is -0.491 e. The van der Waals surface area contributed by atoms with Crippen LogP contribution in [0.4, 0.5) is 5.82 Å². The number of unbranched alkanes of at least 4 members (excludes halogenated alkanes) is 1. The van der Waals surface area contributed by atoms with Crippen LogP contribution in [0.15, 0.2) is 18.2 Å². The van der Waals surface area contributed by atoms with Crippen molar-refractivity contribution in [2.75, 3.05) is 52.0 Å². The molecule has 0 amide bonds. The van der Waals surface area contributed by atoms with E-state index >= 15 is 0 Å². The maximum absolute atomic E-state index is 9.59. The van der Waals surface area contributed by atoms with Crippen LogP contribution in [0.25, 0.3) is 21.9 Å². The van der Waals surface area contributed by atoms with Gasteiger partial charge in [-0.25, -0.2) is 9.97 Å². The summed E-state index contributed by atoms with van der Waals surface area (Å²) in [6.07, 6.45) is 2.92. The zero-order valence-corrected chi connectivity index (χ0v) is 18.0. The second-order valence-corrected chi connectivity index (χ2v) is 7.18. The largest absolute Gasteiger partial charge is 0.491 e. The van der Waals surface area contributed by atoms with Gasteiger partial charge in [-0.15, -0.1) is 0 Å². The molecule has 170 valence electrons. The van der Waals surface area contributed by atoms with Crippen LogP contribution >= 0.6 is 0 Å². The van der Waals surface area contributed by atoms with Crippen molar-refractivity contribution >= 4 is 27.8 Å². The molecule has 4 N–H and O–H groups in total. The average molecular weight is 433 g/mol. The van der Waals surface area contributed by atoms with Gasteiger partial charge in [0.15, 0.2) is 5.82 Å². The van der Waals surface area contributed by atoms with Gasteiger partial charge in [0.2, 0.25) is 0 Å². The fraction of sp³-hybridized carbons (Fsp3) is 0.545. The second-order valence-electron chi connectivity index (χ2n) is 7.18. The number of anilines is 1. The molecule has 0 aliphatic heterocycles. The summed E-state index contributed by atoms with van der Waals surface area (Å²) in [4.78, 5) is 9.27. The Balaban J connectivity index is 1.75. The Labute approximate surface area is 181 Å². The number of pyridine rings is 1. The fourth-order valence-electron chi connectivity index (χ4n) is 3.50. The van der Waals surface area contributed by atoms with Crippen LogP contribution in [0.5, 0.6) is 5.75 Å². The van der Waals surface area contributed by atoms with E-state index in [0.29, 0.717) is 56.7 Å². The predicted molar refractivity (Wildman–Crippen MR) is 119 cm³/mol. The van der Waals surface area contributed by atoms with Gasteiger partial charge in [-0.3, -0.25) is 0 Å². The Kier molecular flexibility index (Phi) is 8.84. The lowest BCUT2D eigenvalue weighted by atomic mass is 10.1. The lowest BCUT2D eigenvalue weighted by Gasteiger charge is -2.11. The van der Waals surface area contributed by atoms with Crippen molar-refractivity contribution in [3.05, 3.63) is 24.0 Å². The molecule has 3 aromatic rings. The van der Waals surface area contributed by atoms with E-state index in [1.807, 2.05) is 18.2 Å². The molecule has 3 rings (SSSR count). The average Bonchev–Trinajstić information content (AvgIpc) is 3.13. The Bertz CT molecular complexity index is 976. The van der Waals surface area contributed by atoms with Gasteiger partial charge in [0, 0.05) is 24.4 Å². The quantitative estimate of drug-likeness (QED) is 0.330. The van der Waals surface area contributed by atoms with Crippen LogP contribution in [0.1, 0.15) is 25.6 Å². The van der Waals surface area contributed by atoms with Crippen molar-refractivity contribution < 1.29 is 24.4 Å². The van der Waals surface area contributed by atoms with Crippen LogP contribution in [-0.4, -0.2) is 71.0 Å². The van der Waals surface area contributed by atoms with E-state index in [4.69, 9.17) is 30.0 Å². The third-order valence-electron chi connectivity index (χ3n) is 4.94. The van der Waals surface area contributed by atoms with Gasteiger partial charge in [-0.05, 0) is 18.6 Å². The number of ether oxygens (including phenoxy) is 3. The van der Waals surface area contributed by atoms with E-state index in [1.54, 1.807) is 0 Å². The predicted octanol–water partition coefficient (Wildman–Crippen LogP) is 1.91. The molecular weight excluding hydrogens is 400 g/mol. The molecule has 0 unspecified atom stereocenters. The highest BCUT2D eigenvalue weighted by atomic mass is 16.5.